The van der Waals surface area contributed by atoms with E-state index in [2.05, 4.69) is 15.9 Å². The maximum Gasteiger partial charge on any atom is 0.336 e. The second-order valence-corrected chi connectivity index (χ2v) is 5.10. The maximum absolute atomic E-state index is 11.3. The smallest absolute Gasteiger partial charge is 0.336 e. The number of carbonyl (C=O) groups is 1. The molecular weight excluding hydrogens is 308 g/mol. The van der Waals surface area contributed by atoms with Crippen LogP contribution >= 0.6 is 15.9 Å². The van der Waals surface area contributed by atoms with Crippen molar-refractivity contribution >= 4 is 21.9 Å². The first kappa shape index (κ1) is 13.6. The Balaban J connectivity index is 2.58. The molecule has 0 bridgehead atoms. The van der Waals surface area contributed by atoms with E-state index in [4.69, 9.17) is 4.74 Å². The quantitative estimate of drug-likeness (QED) is 0.924. The average molecular weight is 321 g/mol. The van der Waals surface area contributed by atoms with Crippen LogP contribution in [0.2, 0.25) is 0 Å². The lowest BCUT2D eigenvalue weighted by molar-refractivity contribution is 0.0697. The Morgan fingerprint density at radius 3 is 2.53 bits per heavy atom. The maximum atomic E-state index is 11.3. The number of benzene rings is 2. The highest BCUT2D eigenvalue weighted by molar-refractivity contribution is 9.10. The molecule has 2 rings (SSSR count). The van der Waals surface area contributed by atoms with Crippen molar-refractivity contribution in [1.29, 1.82) is 0 Å². The monoisotopic (exact) mass is 320 g/mol. The summed E-state index contributed by atoms with van der Waals surface area (Å²) in [4.78, 5) is 11.3. The van der Waals surface area contributed by atoms with Gasteiger partial charge in [0, 0.05) is 4.47 Å². The van der Waals surface area contributed by atoms with E-state index in [9.17, 15) is 9.90 Å². The Hall–Kier alpha value is -1.81. The number of carboxylic acid groups (broad SMARTS) is 1. The van der Waals surface area contributed by atoms with Gasteiger partial charge < -0.3 is 9.84 Å². The van der Waals surface area contributed by atoms with Crippen molar-refractivity contribution in [2.24, 2.45) is 0 Å². The van der Waals surface area contributed by atoms with Crippen molar-refractivity contribution in [3.05, 3.63) is 52.0 Å². The lowest BCUT2D eigenvalue weighted by atomic mass is 9.98. The molecule has 4 heteroatoms. The van der Waals surface area contributed by atoms with Gasteiger partial charge in [-0.2, -0.15) is 0 Å². The Bertz CT molecular complexity index is 635. The molecule has 0 unspecified atom stereocenters. The zero-order valence-corrected chi connectivity index (χ0v) is 12.2. The summed E-state index contributed by atoms with van der Waals surface area (Å²) in [5.74, 6) is -0.150. The molecule has 0 saturated heterocycles. The van der Waals surface area contributed by atoms with E-state index in [1.165, 1.54) is 0 Å². The molecule has 2 aromatic carbocycles. The molecule has 1 N–H and O–H groups in total. The largest absolute Gasteiger partial charge is 0.496 e. The molecule has 0 amide bonds. The highest BCUT2D eigenvalue weighted by Gasteiger charge is 2.13. The zero-order valence-electron chi connectivity index (χ0n) is 10.6. The summed E-state index contributed by atoms with van der Waals surface area (Å²) >= 11 is 3.29. The number of rotatable bonds is 3. The molecule has 0 spiro atoms. The molecular formula is C15H13BrO3. The van der Waals surface area contributed by atoms with Crippen molar-refractivity contribution in [3.63, 3.8) is 0 Å². The van der Waals surface area contributed by atoms with Crippen LogP contribution in [0.1, 0.15) is 15.9 Å². The fourth-order valence-corrected chi connectivity index (χ4v) is 2.35. The van der Waals surface area contributed by atoms with Gasteiger partial charge in [0.25, 0.3) is 0 Å². The SMILES string of the molecule is COc1ccc(-c2ccc(Br)cc2C(=O)O)cc1C. The van der Waals surface area contributed by atoms with Crippen LogP contribution in [-0.2, 0) is 0 Å². The van der Waals surface area contributed by atoms with Crippen molar-refractivity contribution in [1.82, 2.24) is 0 Å². The van der Waals surface area contributed by atoms with Crippen LogP contribution in [-0.4, -0.2) is 18.2 Å². The van der Waals surface area contributed by atoms with Gasteiger partial charge in [-0.25, -0.2) is 4.79 Å². The van der Waals surface area contributed by atoms with E-state index >= 15 is 0 Å². The molecule has 0 radical (unpaired) electrons. The number of carboxylic acids is 1. The number of aryl methyl sites for hydroxylation is 1. The van der Waals surface area contributed by atoms with Gasteiger partial charge in [0.15, 0.2) is 0 Å². The topological polar surface area (TPSA) is 46.5 Å². The summed E-state index contributed by atoms with van der Waals surface area (Å²) in [5, 5.41) is 9.28. The molecule has 0 heterocycles. The third kappa shape index (κ3) is 2.79. The van der Waals surface area contributed by atoms with Crippen LogP contribution in [0.25, 0.3) is 11.1 Å². The predicted molar refractivity (Wildman–Crippen MR) is 77.8 cm³/mol. The van der Waals surface area contributed by atoms with E-state index in [1.54, 1.807) is 19.2 Å². The Morgan fingerprint density at radius 2 is 1.95 bits per heavy atom. The van der Waals surface area contributed by atoms with Crippen LogP contribution in [0, 0.1) is 6.92 Å². The summed E-state index contributed by atoms with van der Waals surface area (Å²) in [5.41, 5.74) is 2.81. The number of methoxy groups -OCH3 is 1. The number of hydrogen-bond donors (Lipinski definition) is 1. The van der Waals surface area contributed by atoms with Crippen LogP contribution in [0.4, 0.5) is 0 Å². The lowest BCUT2D eigenvalue weighted by Crippen LogP contribution is -2.00. The highest BCUT2D eigenvalue weighted by Crippen LogP contribution is 2.30. The predicted octanol–water partition coefficient (Wildman–Crippen LogP) is 4.13. The number of ether oxygens (including phenoxy) is 1. The lowest BCUT2D eigenvalue weighted by Gasteiger charge is -2.10. The summed E-state index contributed by atoms with van der Waals surface area (Å²) in [7, 11) is 1.62. The molecule has 0 aromatic heterocycles. The third-order valence-electron chi connectivity index (χ3n) is 2.92. The minimum Gasteiger partial charge on any atom is -0.496 e. The molecule has 0 aliphatic heterocycles. The first-order valence-corrected chi connectivity index (χ1v) is 6.50. The Kier molecular flexibility index (Phi) is 3.90. The Morgan fingerprint density at radius 1 is 1.21 bits per heavy atom. The van der Waals surface area contributed by atoms with Gasteiger partial charge >= 0.3 is 5.97 Å². The molecule has 0 fully saturated rings. The second-order valence-electron chi connectivity index (χ2n) is 4.18. The van der Waals surface area contributed by atoms with Gasteiger partial charge in [0.05, 0.1) is 12.7 Å². The summed E-state index contributed by atoms with van der Waals surface area (Å²) in [6.07, 6.45) is 0. The fraction of sp³-hybridized carbons (Fsp3) is 0.133. The first-order valence-electron chi connectivity index (χ1n) is 5.71. The van der Waals surface area contributed by atoms with E-state index < -0.39 is 5.97 Å². The standard InChI is InChI=1S/C15H13BrO3/c1-9-7-10(3-6-14(9)19-2)12-5-4-11(16)8-13(12)15(17)18/h3-8H,1-2H3,(H,17,18). The zero-order chi connectivity index (χ0) is 14.0. The molecule has 0 atom stereocenters. The molecule has 0 aliphatic carbocycles. The Labute approximate surface area is 120 Å². The molecule has 0 saturated carbocycles. The van der Waals surface area contributed by atoms with E-state index in [0.717, 1.165) is 21.3 Å². The van der Waals surface area contributed by atoms with Gasteiger partial charge in [-0.3, -0.25) is 0 Å². The van der Waals surface area contributed by atoms with Crippen LogP contribution in [0.5, 0.6) is 5.75 Å². The van der Waals surface area contributed by atoms with Gasteiger partial charge in [0.2, 0.25) is 0 Å². The van der Waals surface area contributed by atoms with Gasteiger partial charge in [-0.1, -0.05) is 28.1 Å². The molecule has 3 nitrogen and oxygen atoms in total. The number of halogens is 1. The summed E-state index contributed by atoms with van der Waals surface area (Å²) in [6, 6.07) is 10.9. The number of hydrogen-bond acceptors (Lipinski definition) is 2. The normalized spacial score (nSPS) is 10.3. The van der Waals surface area contributed by atoms with Gasteiger partial charge in [0.1, 0.15) is 5.75 Å². The van der Waals surface area contributed by atoms with Crippen LogP contribution in [0.3, 0.4) is 0 Å². The number of aromatic carboxylic acids is 1. The minimum absolute atomic E-state index is 0.277. The van der Waals surface area contributed by atoms with Crippen molar-refractivity contribution in [3.8, 4) is 16.9 Å². The van der Waals surface area contributed by atoms with Gasteiger partial charge in [-0.05, 0) is 47.9 Å². The van der Waals surface area contributed by atoms with Crippen LogP contribution < -0.4 is 4.74 Å². The molecule has 19 heavy (non-hydrogen) atoms. The highest BCUT2D eigenvalue weighted by atomic mass is 79.9. The summed E-state index contributed by atoms with van der Waals surface area (Å²) in [6.45, 7) is 1.93. The van der Waals surface area contributed by atoms with Crippen molar-refractivity contribution < 1.29 is 14.6 Å². The van der Waals surface area contributed by atoms with Gasteiger partial charge in [-0.15, -0.1) is 0 Å². The average Bonchev–Trinajstić information content (AvgIpc) is 2.38. The third-order valence-corrected chi connectivity index (χ3v) is 3.41. The van der Waals surface area contributed by atoms with E-state index in [1.807, 2.05) is 31.2 Å². The summed E-state index contributed by atoms with van der Waals surface area (Å²) < 4.78 is 5.96. The molecule has 98 valence electrons. The van der Waals surface area contributed by atoms with E-state index in [0.29, 0.717) is 5.56 Å². The molecule has 0 aliphatic rings. The van der Waals surface area contributed by atoms with Crippen molar-refractivity contribution in [2.45, 2.75) is 6.92 Å². The first-order chi connectivity index (χ1) is 9.02. The van der Waals surface area contributed by atoms with Crippen molar-refractivity contribution in [2.75, 3.05) is 7.11 Å². The van der Waals surface area contributed by atoms with E-state index in [-0.39, 0.29) is 5.56 Å². The fourth-order valence-electron chi connectivity index (χ4n) is 1.99. The van der Waals surface area contributed by atoms with Crippen LogP contribution in [0.15, 0.2) is 40.9 Å². The second kappa shape index (κ2) is 5.45. The minimum atomic E-state index is -0.940. The molecule has 2 aromatic rings.